The molecule has 0 bridgehead atoms. The number of sulfone groups is 1. The summed E-state index contributed by atoms with van der Waals surface area (Å²) in [4.78, 5) is 12.2. The molecule has 0 amide bonds. The Balaban J connectivity index is 1.47. The highest BCUT2D eigenvalue weighted by Crippen LogP contribution is 2.44. The topological polar surface area (TPSA) is 77.2 Å². The van der Waals surface area contributed by atoms with Gasteiger partial charge in [0.1, 0.15) is 5.78 Å². The number of alkyl halides is 3. The fraction of sp³-hybridized carbons (Fsp3) is 0.720. The van der Waals surface area contributed by atoms with Gasteiger partial charge in [0.2, 0.25) is 0 Å². The Labute approximate surface area is 195 Å². The van der Waals surface area contributed by atoms with Crippen molar-refractivity contribution in [1.82, 2.24) is 0 Å². The van der Waals surface area contributed by atoms with E-state index in [1.54, 1.807) is 13.8 Å². The summed E-state index contributed by atoms with van der Waals surface area (Å²) in [5.74, 6) is 1.00. The number of rotatable bonds is 9. The first-order chi connectivity index (χ1) is 15.3. The Morgan fingerprint density at radius 2 is 1.76 bits per heavy atom. The minimum atomic E-state index is -4.58. The first-order valence-corrected chi connectivity index (χ1v) is 13.5. The predicted molar refractivity (Wildman–Crippen MR) is 122 cm³/mol. The van der Waals surface area contributed by atoms with Crippen LogP contribution in [0.1, 0.15) is 83.6 Å². The van der Waals surface area contributed by atoms with E-state index in [1.807, 2.05) is 0 Å². The van der Waals surface area contributed by atoms with Crippen molar-refractivity contribution in [3.63, 3.8) is 0 Å². The van der Waals surface area contributed by atoms with Gasteiger partial charge in [0.15, 0.2) is 9.84 Å². The van der Waals surface area contributed by atoms with Gasteiger partial charge in [0, 0.05) is 18.4 Å². The average molecular weight is 488 g/mol. The van der Waals surface area contributed by atoms with Gasteiger partial charge >= 0.3 is 6.18 Å². The number of ketones is 1. The SMILES string of the molecule is CC(C)(CC1CC(CCCC(=O)[C@H]2CCCC[C@H]2N)C1)S(=O)(=O)c1cccc(C(F)(F)F)c1. The second-order valence-corrected chi connectivity index (χ2v) is 13.2. The summed E-state index contributed by atoms with van der Waals surface area (Å²) in [7, 11) is -3.91. The van der Waals surface area contributed by atoms with Gasteiger partial charge in [-0.3, -0.25) is 4.79 Å². The van der Waals surface area contributed by atoms with Crippen LogP contribution in [0.15, 0.2) is 29.2 Å². The van der Waals surface area contributed by atoms with Gasteiger partial charge < -0.3 is 5.73 Å². The number of carbonyl (C=O) groups excluding carboxylic acids is 1. The van der Waals surface area contributed by atoms with Crippen molar-refractivity contribution in [2.24, 2.45) is 23.5 Å². The van der Waals surface area contributed by atoms with E-state index in [0.717, 1.165) is 69.6 Å². The van der Waals surface area contributed by atoms with Crippen LogP contribution in [0.3, 0.4) is 0 Å². The quantitative estimate of drug-likeness (QED) is 0.468. The summed E-state index contributed by atoms with van der Waals surface area (Å²) < 4.78 is 64.1. The molecule has 0 aromatic heterocycles. The molecule has 4 nitrogen and oxygen atoms in total. The number of hydrogen-bond donors (Lipinski definition) is 1. The molecule has 0 unspecified atom stereocenters. The smallest absolute Gasteiger partial charge is 0.327 e. The maximum Gasteiger partial charge on any atom is 0.416 e. The highest BCUT2D eigenvalue weighted by atomic mass is 32.2. The second-order valence-electron chi connectivity index (χ2n) is 10.6. The second kappa shape index (κ2) is 10.1. The number of hydrogen-bond acceptors (Lipinski definition) is 4. The number of benzene rings is 1. The zero-order valence-corrected chi connectivity index (χ0v) is 20.4. The first-order valence-electron chi connectivity index (χ1n) is 12.0. The summed E-state index contributed by atoms with van der Waals surface area (Å²) in [5.41, 5.74) is 5.15. The van der Waals surface area contributed by atoms with Crippen molar-refractivity contribution >= 4 is 15.6 Å². The van der Waals surface area contributed by atoms with Gasteiger partial charge in [-0.25, -0.2) is 8.42 Å². The summed E-state index contributed by atoms with van der Waals surface area (Å²) in [5, 5.41) is 0. The van der Waals surface area contributed by atoms with Gasteiger partial charge in [-0.1, -0.05) is 25.3 Å². The van der Waals surface area contributed by atoms with Crippen LogP contribution < -0.4 is 5.73 Å². The highest BCUT2D eigenvalue weighted by Gasteiger charge is 2.42. The van der Waals surface area contributed by atoms with Gasteiger partial charge in [-0.15, -0.1) is 0 Å². The van der Waals surface area contributed by atoms with Crippen molar-refractivity contribution < 1.29 is 26.4 Å². The molecule has 186 valence electrons. The van der Waals surface area contributed by atoms with Crippen LogP contribution in [-0.4, -0.2) is 25.0 Å². The van der Waals surface area contributed by atoms with Crippen LogP contribution in [0.4, 0.5) is 13.2 Å². The van der Waals surface area contributed by atoms with Crippen molar-refractivity contribution in [3.05, 3.63) is 29.8 Å². The van der Waals surface area contributed by atoms with E-state index in [0.29, 0.717) is 18.8 Å². The third-order valence-electron chi connectivity index (χ3n) is 7.58. The van der Waals surface area contributed by atoms with Crippen molar-refractivity contribution in [1.29, 1.82) is 0 Å². The lowest BCUT2D eigenvalue weighted by atomic mass is 9.69. The minimum Gasteiger partial charge on any atom is -0.327 e. The molecule has 2 aliphatic carbocycles. The molecule has 3 rings (SSSR count). The lowest BCUT2D eigenvalue weighted by Crippen LogP contribution is -2.38. The standard InChI is InChI=1S/C25H36F3NO3S/c1-24(2,33(31,32)20-9-6-8-19(15-20)25(26,27)28)16-18-13-17(14-18)7-5-12-23(30)21-10-3-4-11-22(21)29/h6,8-9,15,17-18,21-22H,3-5,7,10-14,16,29H2,1-2H3/t17?,18?,21-,22+/m0/s1. The molecular formula is C25H36F3NO3S. The molecule has 8 heteroatoms. The zero-order valence-electron chi connectivity index (χ0n) is 19.5. The fourth-order valence-corrected chi connectivity index (χ4v) is 7.18. The Bertz CT molecular complexity index is 936. The summed E-state index contributed by atoms with van der Waals surface area (Å²) in [6.45, 7) is 3.20. The molecule has 0 saturated heterocycles. The molecule has 0 radical (unpaired) electrons. The van der Waals surface area contributed by atoms with Crippen molar-refractivity contribution in [2.45, 2.75) is 99.9 Å². The minimum absolute atomic E-state index is 0.000314. The van der Waals surface area contributed by atoms with E-state index in [2.05, 4.69) is 0 Å². The summed E-state index contributed by atoms with van der Waals surface area (Å²) >= 11 is 0. The number of Topliss-reactive ketones (excluding diaryl/α,β-unsaturated/α-hetero) is 1. The summed E-state index contributed by atoms with van der Waals surface area (Å²) in [6.07, 6.45) is 4.00. The molecular weight excluding hydrogens is 451 g/mol. The molecule has 0 spiro atoms. The maximum atomic E-state index is 13.1. The molecule has 2 saturated carbocycles. The van der Waals surface area contributed by atoms with Gasteiger partial charge in [0.25, 0.3) is 0 Å². The van der Waals surface area contributed by atoms with E-state index in [-0.39, 0.29) is 28.6 Å². The Kier molecular flexibility index (Phi) is 7.99. The Morgan fingerprint density at radius 1 is 1.09 bits per heavy atom. The molecule has 2 atom stereocenters. The van der Waals surface area contributed by atoms with Crippen molar-refractivity contribution in [2.75, 3.05) is 0 Å². The molecule has 2 aliphatic rings. The Hall–Kier alpha value is -1.41. The fourth-order valence-electron chi connectivity index (χ4n) is 5.55. The molecule has 1 aromatic carbocycles. The van der Waals surface area contributed by atoms with Crippen LogP contribution in [0.25, 0.3) is 0 Å². The number of carbonyl (C=O) groups is 1. The summed E-state index contributed by atoms with van der Waals surface area (Å²) in [6, 6.07) is 4.00. The largest absolute Gasteiger partial charge is 0.416 e. The Morgan fingerprint density at radius 3 is 2.39 bits per heavy atom. The monoisotopic (exact) mass is 487 g/mol. The third-order valence-corrected chi connectivity index (χ3v) is 10.1. The first kappa shape index (κ1) is 26.2. The van der Waals surface area contributed by atoms with Crippen LogP contribution >= 0.6 is 0 Å². The van der Waals surface area contributed by atoms with Gasteiger partial charge in [0.05, 0.1) is 15.2 Å². The number of halogens is 3. The molecule has 2 N–H and O–H groups in total. The maximum absolute atomic E-state index is 13.1. The van der Waals surface area contributed by atoms with Crippen LogP contribution in [-0.2, 0) is 20.8 Å². The normalized spacial score (nSPS) is 26.6. The van der Waals surface area contributed by atoms with Crippen molar-refractivity contribution in [3.8, 4) is 0 Å². The van der Waals surface area contributed by atoms with Crippen LogP contribution in [0, 0.1) is 17.8 Å². The molecule has 33 heavy (non-hydrogen) atoms. The third kappa shape index (κ3) is 6.18. The van der Waals surface area contributed by atoms with Gasteiger partial charge in [-0.2, -0.15) is 13.2 Å². The molecule has 0 aliphatic heterocycles. The molecule has 1 aromatic rings. The zero-order chi connectivity index (χ0) is 24.4. The van der Waals surface area contributed by atoms with E-state index >= 15 is 0 Å². The van der Waals surface area contributed by atoms with E-state index in [9.17, 15) is 26.4 Å². The molecule has 0 heterocycles. The average Bonchev–Trinajstić information content (AvgIpc) is 2.71. The van der Waals surface area contributed by atoms with Crippen LogP contribution in [0.2, 0.25) is 0 Å². The number of nitrogens with two attached hydrogens (primary N) is 1. The highest BCUT2D eigenvalue weighted by molar-refractivity contribution is 7.92. The van der Waals surface area contributed by atoms with Gasteiger partial charge in [-0.05, 0) is 82.4 Å². The lowest BCUT2D eigenvalue weighted by Gasteiger charge is -2.40. The van der Waals surface area contributed by atoms with E-state index in [4.69, 9.17) is 5.73 Å². The van der Waals surface area contributed by atoms with E-state index in [1.165, 1.54) is 6.07 Å². The lowest BCUT2D eigenvalue weighted by molar-refractivity contribution is -0.137. The van der Waals surface area contributed by atoms with Crippen LogP contribution in [0.5, 0.6) is 0 Å². The molecule has 2 fully saturated rings. The predicted octanol–water partition coefficient (Wildman–Crippen LogP) is 5.93. The van der Waals surface area contributed by atoms with E-state index < -0.39 is 26.3 Å².